The first kappa shape index (κ1) is 11.0. The summed E-state index contributed by atoms with van der Waals surface area (Å²) in [4.78, 5) is 4.44. The summed E-state index contributed by atoms with van der Waals surface area (Å²) in [5, 5.41) is 0.778. The molecule has 0 saturated heterocycles. The summed E-state index contributed by atoms with van der Waals surface area (Å²) in [5.74, 6) is 0.665. The maximum absolute atomic E-state index is 6.07. The van der Waals surface area contributed by atoms with E-state index < -0.39 is 0 Å². The van der Waals surface area contributed by atoms with Crippen molar-refractivity contribution in [2.24, 2.45) is 0 Å². The van der Waals surface area contributed by atoms with Gasteiger partial charge in [0.05, 0.1) is 11.0 Å². The van der Waals surface area contributed by atoms with Crippen molar-refractivity contribution in [1.29, 1.82) is 0 Å². The summed E-state index contributed by atoms with van der Waals surface area (Å²) in [6.07, 6.45) is 5.92. The molecule has 17 heavy (non-hydrogen) atoms. The third kappa shape index (κ3) is 1.80. The van der Waals surface area contributed by atoms with E-state index in [0.29, 0.717) is 12.0 Å². The lowest BCUT2D eigenvalue weighted by atomic mass is 10.2. The average Bonchev–Trinajstić information content (AvgIpc) is 2.91. The van der Waals surface area contributed by atoms with E-state index in [1.807, 2.05) is 23.9 Å². The Kier molecular flexibility index (Phi) is 2.74. The Morgan fingerprint density at radius 2 is 2.18 bits per heavy atom. The van der Waals surface area contributed by atoms with Gasteiger partial charge < -0.3 is 10.3 Å². The minimum atomic E-state index is 0.528. The molecule has 1 heterocycles. The Hall–Kier alpha value is -1.16. The molecule has 3 nitrogen and oxygen atoms in total. The second-order valence-electron chi connectivity index (χ2n) is 4.65. The maximum atomic E-state index is 6.07. The highest BCUT2D eigenvalue weighted by Gasteiger charge is 2.27. The lowest BCUT2D eigenvalue weighted by molar-refractivity contribution is 0.540. The Bertz CT molecular complexity index is 534. The molecule has 1 aromatic carbocycles. The third-order valence-electron chi connectivity index (χ3n) is 3.68. The largest absolute Gasteiger partial charge is 0.369 e. The van der Waals surface area contributed by atoms with Crippen molar-refractivity contribution in [2.45, 2.75) is 30.6 Å². The van der Waals surface area contributed by atoms with Gasteiger partial charge in [-0.05, 0) is 37.7 Å². The number of benzene rings is 1. The van der Waals surface area contributed by atoms with Crippen LogP contribution in [-0.2, 0) is 0 Å². The smallest absolute Gasteiger partial charge is 0.201 e. The zero-order chi connectivity index (χ0) is 11.8. The number of rotatable bonds is 2. The van der Waals surface area contributed by atoms with E-state index in [0.717, 1.165) is 10.8 Å². The zero-order valence-corrected chi connectivity index (χ0v) is 10.8. The van der Waals surface area contributed by atoms with Gasteiger partial charge >= 0.3 is 0 Å². The van der Waals surface area contributed by atoms with Crippen molar-refractivity contribution < 1.29 is 0 Å². The van der Waals surface area contributed by atoms with Crippen molar-refractivity contribution in [3.05, 3.63) is 24.3 Å². The molecule has 1 saturated carbocycles. The summed E-state index contributed by atoms with van der Waals surface area (Å²) in [7, 11) is 0. The van der Waals surface area contributed by atoms with Gasteiger partial charge in [0, 0.05) is 11.3 Å². The highest BCUT2D eigenvalue weighted by atomic mass is 32.2. The number of aromatic nitrogens is 2. The van der Waals surface area contributed by atoms with Gasteiger partial charge in [-0.1, -0.05) is 12.1 Å². The number of nitrogen functional groups attached to an aromatic ring is 1. The van der Waals surface area contributed by atoms with Crippen LogP contribution in [0, 0.1) is 0 Å². The molecule has 4 heteroatoms. The number of hydrogen-bond acceptors (Lipinski definition) is 3. The molecular formula is C13H17N3S. The van der Waals surface area contributed by atoms with E-state index in [2.05, 4.69) is 27.9 Å². The fourth-order valence-electron chi connectivity index (χ4n) is 2.81. The molecule has 2 atom stereocenters. The van der Waals surface area contributed by atoms with Crippen LogP contribution in [0.5, 0.6) is 0 Å². The molecule has 90 valence electrons. The Labute approximate surface area is 105 Å². The SMILES string of the molecule is CSC1CCC(n2c(N)nc3ccccc32)C1. The van der Waals surface area contributed by atoms with E-state index >= 15 is 0 Å². The van der Waals surface area contributed by atoms with Crippen LogP contribution >= 0.6 is 11.8 Å². The van der Waals surface area contributed by atoms with Crippen molar-refractivity contribution in [3.8, 4) is 0 Å². The van der Waals surface area contributed by atoms with Gasteiger partial charge in [-0.2, -0.15) is 11.8 Å². The second kappa shape index (κ2) is 4.26. The maximum Gasteiger partial charge on any atom is 0.201 e. The number of thioether (sulfide) groups is 1. The number of nitrogens with two attached hydrogens (primary N) is 1. The van der Waals surface area contributed by atoms with E-state index in [1.165, 1.54) is 24.8 Å². The molecule has 0 amide bonds. The van der Waals surface area contributed by atoms with E-state index in [1.54, 1.807) is 0 Å². The molecule has 1 aromatic heterocycles. The lowest BCUT2D eigenvalue weighted by Gasteiger charge is -2.14. The standard InChI is InChI=1S/C13H17N3S/c1-17-10-7-6-9(8-10)16-12-5-3-2-4-11(12)15-13(16)14/h2-5,9-10H,6-8H2,1H3,(H2,14,15). The van der Waals surface area contributed by atoms with E-state index in [-0.39, 0.29) is 0 Å². The van der Waals surface area contributed by atoms with Crippen molar-refractivity contribution >= 4 is 28.7 Å². The number of hydrogen-bond donors (Lipinski definition) is 1. The molecule has 1 fully saturated rings. The van der Waals surface area contributed by atoms with Gasteiger partial charge in [-0.3, -0.25) is 0 Å². The lowest BCUT2D eigenvalue weighted by Crippen LogP contribution is -2.09. The Morgan fingerprint density at radius 3 is 2.94 bits per heavy atom. The van der Waals surface area contributed by atoms with Gasteiger partial charge in [-0.25, -0.2) is 4.98 Å². The first-order chi connectivity index (χ1) is 8.29. The third-order valence-corrected chi connectivity index (χ3v) is 4.77. The molecule has 1 aliphatic rings. The Balaban J connectivity index is 2.02. The summed E-state index contributed by atoms with van der Waals surface area (Å²) in [6.45, 7) is 0. The fraction of sp³-hybridized carbons (Fsp3) is 0.462. The normalized spacial score (nSPS) is 24.5. The molecule has 2 unspecified atom stereocenters. The number of imidazole rings is 1. The molecular weight excluding hydrogens is 230 g/mol. The number of para-hydroxylation sites is 2. The second-order valence-corrected chi connectivity index (χ2v) is 5.79. The number of nitrogens with zero attached hydrogens (tertiary/aromatic N) is 2. The first-order valence-corrected chi connectivity index (χ1v) is 7.33. The van der Waals surface area contributed by atoms with Gasteiger partial charge in [0.1, 0.15) is 0 Å². The summed E-state index contributed by atoms with van der Waals surface area (Å²) in [5.41, 5.74) is 8.25. The topological polar surface area (TPSA) is 43.8 Å². The van der Waals surface area contributed by atoms with Crippen LogP contribution in [0.15, 0.2) is 24.3 Å². The highest BCUT2D eigenvalue weighted by molar-refractivity contribution is 7.99. The van der Waals surface area contributed by atoms with E-state index in [9.17, 15) is 0 Å². The summed E-state index contributed by atoms with van der Waals surface area (Å²) < 4.78 is 2.23. The Morgan fingerprint density at radius 1 is 1.35 bits per heavy atom. The minimum Gasteiger partial charge on any atom is -0.369 e. The van der Waals surface area contributed by atoms with Crippen molar-refractivity contribution in [2.75, 3.05) is 12.0 Å². The van der Waals surface area contributed by atoms with Gasteiger partial charge in [-0.15, -0.1) is 0 Å². The molecule has 1 aliphatic carbocycles. The summed E-state index contributed by atoms with van der Waals surface area (Å²) in [6, 6.07) is 8.74. The molecule has 0 aliphatic heterocycles. The molecule has 0 radical (unpaired) electrons. The number of anilines is 1. The van der Waals surface area contributed by atoms with E-state index in [4.69, 9.17) is 5.73 Å². The van der Waals surface area contributed by atoms with Crippen LogP contribution in [0.4, 0.5) is 5.95 Å². The quantitative estimate of drug-likeness (QED) is 0.887. The molecule has 2 aromatic rings. The summed E-state index contributed by atoms with van der Waals surface area (Å²) >= 11 is 1.97. The number of fused-ring (bicyclic) bond motifs is 1. The highest BCUT2D eigenvalue weighted by Crippen LogP contribution is 2.38. The monoisotopic (exact) mass is 247 g/mol. The minimum absolute atomic E-state index is 0.528. The van der Waals surface area contributed by atoms with Crippen LogP contribution < -0.4 is 5.73 Å². The average molecular weight is 247 g/mol. The van der Waals surface area contributed by atoms with Gasteiger partial charge in [0.25, 0.3) is 0 Å². The van der Waals surface area contributed by atoms with Crippen LogP contribution in [0.2, 0.25) is 0 Å². The van der Waals surface area contributed by atoms with Crippen LogP contribution in [0.1, 0.15) is 25.3 Å². The van der Waals surface area contributed by atoms with Gasteiger partial charge in [0.2, 0.25) is 5.95 Å². The fourth-order valence-corrected chi connectivity index (χ4v) is 3.60. The molecule has 0 bridgehead atoms. The molecule has 2 N–H and O–H groups in total. The first-order valence-electron chi connectivity index (χ1n) is 6.05. The molecule has 3 rings (SSSR count). The zero-order valence-electron chi connectivity index (χ0n) is 9.97. The van der Waals surface area contributed by atoms with Crippen molar-refractivity contribution in [1.82, 2.24) is 9.55 Å². The van der Waals surface area contributed by atoms with Crippen molar-refractivity contribution in [3.63, 3.8) is 0 Å². The van der Waals surface area contributed by atoms with Crippen LogP contribution in [0.3, 0.4) is 0 Å². The predicted molar refractivity (Wildman–Crippen MR) is 74.3 cm³/mol. The molecule has 0 spiro atoms. The van der Waals surface area contributed by atoms with Crippen LogP contribution in [-0.4, -0.2) is 21.1 Å². The predicted octanol–water partition coefficient (Wildman–Crippen LogP) is 3.08. The van der Waals surface area contributed by atoms with Gasteiger partial charge in [0.15, 0.2) is 0 Å². The van der Waals surface area contributed by atoms with Crippen LogP contribution in [0.25, 0.3) is 11.0 Å².